The Morgan fingerprint density at radius 3 is 2.50 bits per heavy atom. The van der Waals surface area contributed by atoms with Crippen LogP contribution in [0.25, 0.3) is 0 Å². The maximum Gasteiger partial charge on any atom is -0.00666 e. The predicted octanol–water partition coefficient (Wildman–Crippen LogP) is 2.88. The van der Waals surface area contributed by atoms with Crippen LogP contribution in [0, 0.1) is 0 Å². The number of hydrogen-bond acceptors (Lipinski definition) is 0. The van der Waals surface area contributed by atoms with Crippen molar-refractivity contribution in [2.75, 3.05) is 6.16 Å². The van der Waals surface area contributed by atoms with Gasteiger partial charge in [-0.25, -0.2) is 0 Å². The number of benzene rings is 1. The monoisotopic (exact) mass is 174 g/mol. The molecule has 0 nitrogen and oxygen atoms in total. The number of hydrogen-bond donors (Lipinski definition) is 0. The predicted molar refractivity (Wildman–Crippen MR) is 56.1 cm³/mol. The lowest BCUT2D eigenvalue weighted by Crippen LogP contribution is -2.00. The average molecular weight is 174 g/mol. The van der Waals surface area contributed by atoms with Gasteiger partial charge in [-0.15, -0.1) is 0 Å². The van der Waals surface area contributed by atoms with Gasteiger partial charge >= 0.3 is 0 Å². The molecule has 0 bridgehead atoms. The normalized spacial score (nSPS) is 21.2. The van der Waals surface area contributed by atoms with Gasteiger partial charge < -0.3 is 0 Å². The van der Waals surface area contributed by atoms with Crippen LogP contribution in [0.4, 0.5) is 0 Å². The lowest BCUT2D eigenvalue weighted by molar-refractivity contribution is 1.68. The molecule has 0 fully saturated rings. The Bertz CT molecular complexity index is 298. The summed E-state index contributed by atoms with van der Waals surface area (Å²) in [5, 5.41) is 1.48. The summed E-state index contributed by atoms with van der Waals surface area (Å²) in [5.41, 5.74) is 0. The lowest BCUT2D eigenvalue weighted by atomic mass is 10.4. The Morgan fingerprint density at radius 1 is 1.00 bits per heavy atom. The molecule has 0 N–H and O–H groups in total. The van der Waals surface area contributed by atoms with Crippen molar-refractivity contribution in [3.05, 3.63) is 54.4 Å². The summed E-state index contributed by atoms with van der Waals surface area (Å²) in [4.78, 5) is 0. The third-order valence-corrected chi connectivity index (χ3v) is 4.00. The van der Waals surface area contributed by atoms with Crippen LogP contribution >= 0.6 is 7.92 Å². The first kappa shape index (κ1) is 7.76. The van der Waals surface area contributed by atoms with Crippen molar-refractivity contribution in [2.24, 2.45) is 0 Å². The first-order valence-electron chi connectivity index (χ1n) is 4.12. The Balaban J connectivity index is 2.21. The van der Waals surface area contributed by atoms with Gasteiger partial charge in [0.1, 0.15) is 0 Å². The Kier molecular flexibility index (Phi) is 2.39. The summed E-state index contributed by atoms with van der Waals surface area (Å²) in [7, 11) is -0.0342. The Labute approximate surface area is 74.4 Å². The van der Waals surface area contributed by atoms with Crippen molar-refractivity contribution in [1.29, 1.82) is 0 Å². The summed E-state index contributed by atoms with van der Waals surface area (Å²) in [6, 6.07) is 10.7. The van der Waals surface area contributed by atoms with Gasteiger partial charge in [0.05, 0.1) is 0 Å². The Hall–Kier alpha value is -0.870. The third-order valence-electron chi connectivity index (χ3n) is 1.90. The van der Waals surface area contributed by atoms with Gasteiger partial charge in [-0.05, 0) is 19.4 Å². The quantitative estimate of drug-likeness (QED) is 0.574. The Morgan fingerprint density at radius 2 is 1.83 bits per heavy atom. The van der Waals surface area contributed by atoms with Crippen LogP contribution in [0.5, 0.6) is 0 Å². The standard InChI is InChI=1S/C11H11P/c1-3-7-11(8-4-1)12-9-5-2-6-10-12/h1-9H,10H2. The van der Waals surface area contributed by atoms with Crippen molar-refractivity contribution < 1.29 is 0 Å². The van der Waals surface area contributed by atoms with Crippen molar-refractivity contribution >= 4 is 13.2 Å². The van der Waals surface area contributed by atoms with Crippen molar-refractivity contribution in [1.82, 2.24) is 0 Å². The molecule has 1 heteroatoms. The smallest absolute Gasteiger partial charge is 0.00666 e. The van der Waals surface area contributed by atoms with Crippen LogP contribution < -0.4 is 5.30 Å². The van der Waals surface area contributed by atoms with E-state index in [1.54, 1.807) is 0 Å². The van der Waals surface area contributed by atoms with Gasteiger partial charge in [0.25, 0.3) is 0 Å². The molecule has 1 heterocycles. The average Bonchev–Trinajstić information content (AvgIpc) is 2.21. The molecule has 1 aromatic carbocycles. The van der Waals surface area contributed by atoms with Gasteiger partial charge in [0.15, 0.2) is 0 Å². The lowest BCUT2D eigenvalue weighted by Gasteiger charge is -2.13. The van der Waals surface area contributed by atoms with E-state index in [0.717, 1.165) is 0 Å². The summed E-state index contributed by atoms with van der Waals surface area (Å²) in [6.07, 6.45) is 7.73. The maximum absolute atomic E-state index is 2.32. The van der Waals surface area contributed by atoms with E-state index in [-0.39, 0.29) is 7.92 Å². The molecule has 12 heavy (non-hydrogen) atoms. The maximum atomic E-state index is 2.32. The van der Waals surface area contributed by atoms with Crippen molar-refractivity contribution in [3.8, 4) is 0 Å². The first-order chi connectivity index (χ1) is 5.97. The summed E-state index contributed by atoms with van der Waals surface area (Å²) in [6.45, 7) is 0. The van der Waals surface area contributed by atoms with E-state index in [4.69, 9.17) is 0 Å². The van der Waals surface area contributed by atoms with Crippen LogP contribution in [-0.4, -0.2) is 6.16 Å². The molecule has 2 rings (SSSR count). The molecule has 1 atom stereocenters. The van der Waals surface area contributed by atoms with Crippen LogP contribution in [0.15, 0.2) is 54.4 Å². The fourth-order valence-electron chi connectivity index (χ4n) is 1.28. The molecule has 0 spiro atoms. The molecular formula is C11H11P. The zero-order valence-electron chi connectivity index (χ0n) is 6.85. The largest absolute Gasteiger partial charge is 0.0796 e. The molecule has 1 unspecified atom stereocenters. The van der Waals surface area contributed by atoms with E-state index in [2.05, 4.69) is 54.4 Å². The fourth-order valence-corrected chi connectivity index (χ4v) is 2.99. The molecule has 0 aromatic heterocycles. The molecule has 60 valence electrons. The highest BCUT2D eigenvalue weighted by Crippen LogP contribution is 2.37. The van der Waals surface area contributed by atoms with Crippen LogP contribution in [0.2, 0.25) is 0 Å². The van der Waals surface area contributed by atoms with Gasteiger partial charge in [-0.3, -0.25) is 0 Å². The molecule has 0 radical (unpaired) electrons. The van der Waals surface area contributed by atoms with Crippen molar-refractivity contribution in [2.45, 2.75) is 0 Å². The third kappa shape index (κ3) is 1.65. The molecule has 1 aliphatic rings. The van der Waals surface area contributed by atoms with E-state index in [9.17, 15) is 0 Å². The SMILES string of the molecule is C1=CCP(c2ccccc2)C=C1. The first-order valence-corrected chi connectivity index (χ1v) is 5.71. The van der Waals surface area contributed by atoms with Crippen LogP contribution in [0.3, 0.4) is 0 Å². The zero-order valence-corrected chi connectivity index (χ0v) is 7.74. The van der Waals surface area contributed by atoms with Crippen LogP contribution in [0.1, 0.15) is 0 Å². The molecule has 1 aliphatic heterocycles. The minimum absolute atomic E-state index is 0.0342. The zero-order chi connectivity index (χ0) is 8.23. The second-order valence-electron chi connectivity index (χ2n) is 2.76. The fraction of sp³-hybridized carbons (Fsp3) is 0.0909. The molecular weight excluding hydrogens is 163 g/mol. The van der Waals surface area contributed by atoms with E-state index >= 15 is 0 Å². The van der Waals surface area contributed by atoms with Crippen LogP contribution in [-0.2, 0) is 0 Å². The molecule has 0 amide bonds. The topological polar surface area (TPSA) is 0 Å². The van der Waals surface area contributed by atoms with Crippen molar-refractivity contribution in [3.63, 3.8) is 0 Å². The molecule has 0 saturated carbocycles. The highest BCUT2D eigenvalue weighted by Gasteiger charge is 2.05. The second kappa shape index (κ2) is 3.69. The van der Waals surface area contributed by atoms with Gasteiger partial charge in [-0.2, -0.15) is 0 Å². The molecule has 1 aromatic rings. The summed E-state index contributed by atoms with van der Waals surface area (Å²) in [5.74, 6) is 2.32. The summed E-state index contributed by atoms with van der Waals surface area (Å²) >= 11 is 0. The van der Waals surface area contributed by atoms with E-state index < -0.39 is 0 Å². The van der Waals surface area contributed by atoms with E-state index in [1.165, 1.54) is 11.5 Å². The molecule has 0 saturated heterocycles. The molecule has 0 aliphatic carbocycles. The van der Waals surface area contributed by atoms with Gasteiger partial charge in [0, 0.05) is 0 Å². The minimum Gasteiger partial charge on any atom is -0.0796 e. The minimum atomic E-state index is -0.0342. The second-order valence-corrected chi connectivity index (χ2v) is 4.88. The summed E-state index contributed by atoms with van der Waals surface area (Å²) < 4.78 is 0. The van der Waals surface area contributed by atoms with E-state index in [0.29, 0.717) is 0 Å². The van der Waals surface area contributed by atoms with E-state index in [1.807, 2.05) is 0 Å². The number of rotatable bonds is 1. The van der Waals surface area contributed by atoms with Gasteiger partial charge in [0.2, 0.25) is 0 Å². The highest BCUT2D eigenvalue weighted by molar-refractivity contribution is 7.68. The highest BCUT2D eigenvalue weighted by atomic mass is 31.1. The number of allylic oxidation sites excluding steroid dienone is 3. The van der Waals surface area contributed by atoms with Gasteiger partial charge in [-0.1, -0.05) is 54.4 Å².